The fraction of sp³-hybridized carbons (Fsp3) is 0.300. The summed E-state index contributed by atoms with van der Waals surface area (Å²) in [5.41, 5.74) is 7.81. The molecule has 0 fully saturated rings. The Labute approximate surface area is 170 Å². The van der Waals surface area contributed by atoms with E-state index in [1.165, 1.54) is 0 Å². The number of guanidine groups is 1. The number of nitrogens with zero attached hydrogens (tertiary/aromatic N) is 1. The Hall–Kier alpha value is -2.24. The Morgan fingerprint density at radius 1 is 1.15 bits per heavy atom. The number of nitrogens with one attached hydrogen (secondary N) is 2. The molecule has 2 rings (SSSR count). The molecule has 0 aliphatic carbocycles. The van der Waals surface area contributed by atoms with Crippen molar-refractivity contribution in [2.75, 3.05) is 13.1 Å². The van der Waals surface area contributed by atoms with Gasteiger partial charge in [0.2, 0.25) is 5.91 Å². The molecule has 0 saturated carbocycles. The Bertz CT molecular complexity index is 808. The van der Waals surface area contributed by atoms with Gasteiger partial charge in [0.1, 0.15) is 0 Å². The third kappa shape index (κ3) is 7.12. The van der Waals surface area contributed by atoms with Gasteiger partial charge < -0.3 is 16.4 Å². The third-order valence-electron chi connectivity index (χ3n) is 3.91. The summed E-state index contributed by atoms with van der Waals surface area (Å²) in [6.07, 6.45) is 1.76. The van der Waals surface area contributed by atoms with Gasteiger partial charge in [0.05, 0.1) is 6.54 Å². The molecule has 0 spiro atoms. The summed E-state index contributed by atoms with van der Waals surface area (Å²) in [7, 11) is 0. The predicted octanol–water partition coefficient (Wildman–Crippen LogP) is 3.78. The summed E-state index contributed by atoms with van der Waals surface area (Å²) >= 11 is 12.1. The van der Waals surface area contributed by atoms with Gasteiger partial charge in [-0.1, -0.05) is 41.4 Å². The largest absolute Gasteiger partial charge is 0.366 e. The Balaban J connectivity index is 1.88. The summed E-state index contributed by atoms with van der Waals surface area (Å²) < 4.78 is 0. The Morgan fingerprint density at radius 2 is 1.96 bits per heavy atom. The smallest absolute Gasteiger partial charge is 0.248 e. The highest BCUT2D eigenvalue weighted by atomic mass is 35.5. The number of hydrogen-bond acceptors (Lipinski definition) is 2. The molecular formula is C20H24Cl2N4O. The number of rotatable bonds is 8. The lowest BCUT2D eigenvalue weighted by molar-refractivity contribution is 0.1000. The van der Waals surface area contributed by atoms with Crippen LogP contribution in [0.1, 0.15) is 34.8 Å². The minimum atomic E-state index is -0.438. The van der Waals surface area contributed by atoms with Crippen LogP contribution in [0.4, 0.5) is 0 Å². The zero-order chi connectivity index (χ0) is 19.6. The van der Waals surface area contributed by atoms with Crippen LogP contribution in [-0.2, 0) is 13.0 Å². The van der Waals surface area contributed by atoms with E-state index in [1.54, 1.807) is 24.3 Å². The number of nitrogens with two attached hydrogens (primary N) is 1. The number of carbonyl (C=O) groups is 1. The van der Waals surface area contributed by atoms with Crippen molar-refractivity contribution in [3.63, 3.8) is 0 Å². The van der Waals surface area contributed by atoms with Crippen molar-refractivity contribution in [1.82, 2.24) is 10.6 Å². The predicted molar refractivity (Wildman–Crippen MR) is 113 cm³/mol. The van der Waals surface area contributed by atoms with E-state index >= 15 is 0 Å². The number of aryl methyl sites for hydroxylation is 1. The first kappa shape index (κ1) is 21.1. The molecule has 5 nitrogen and oxygen atoms in total. The molecule has 4 N–H and O–H groups in total. The third-order valence-corrected chi connectivity index (χ3v) is 4.49. The second-order valence-corrected chi connectivity index (χ2v) is 6.87. The normalized spacial score (nSPS) is 11.3. The summed E-state index contributed by atoms with van der Waals surface area (Å²) in [4.78, 5) is 15.8. The monoisotopic (exact) mass is 406 g/mol. The first-order valence-electron chi connectivity index (χ1n) is 8.84. The molecule has 2 aromatic rings. The number of aliphatic imine (C=N–C) groups is 1. The average molecular weight is 407 g/mol. The van der Waals surface area contributed by atoms with Crippen molar-refractivity contribution >= 4 is 35.1 Å². The van der Waals surface area contributed by atoms with Crippen LogP contribution >= 0.6 is 23.2 Å². The molecule has 0 saturated heterocycles. The van der Waals surface area contributed by atoms with Crippen LogP contribution in [0, 0.1) is 0 Å². The van der Waals surface area contributed by atoms with Gasteiger partial charge in [-0.05, 0) is 55.2 Å². The zero-order valence-electron chi connectivity index (χ0n) is 15.3. The van der Waals surface area contributed by atoms with E-state index in [1.807, 2.05) is 25.1 Å². The molecule has 27 heavy (non-hydrogen) atoms. The summed E-state index contributed by atoms with van der Waals surface area (Å²) in [5.74, 6) is 0.288. The Kier molecular flexibility index (Phi) is 8.43. The first-order chi connectivity index (χ1) is 13.0. The van der Waals surface area contributed by atoms with E-state index in [9.17, 15) is 4.79 Å². The number of benzene rings is 2. The lowest BCUT2D eigenvalue weighted by Crippen LogP contribution is -2.37. The van der Waals surface area contributed by atoms with Crippen LogP contribution in [0.25, 0.3) is 0 Å². The van der Waals surface area contributed by atoms with Gasteiger partial charge >= 0.3 is 0 Å². The van der Waals surface area contributed by atoms with Gasteiger partial charge in [-0.25, -0.2) is 4.99 Å². The van der Waals surface area contributed by atoms with E-state index in [2.05, 4.69) is 15.6 Å². The molecule has 144 valence electrons. The molecule has 0 atom stereocenters. The second kappa shape index (κ2) is 10.8. The maximum Gasteiger partial charge on any atom is 0.248 e. The van der Waals surface area contributed by atoms with Crippen LogP contribution in [0.5, 0.6) is 0 Å². The molecule has 0 aliphatic rings. The molecule has 0 aliphatic heterocycles. The van der Waals surface area contributed by atoms with Crippen molar-refractivity contribution in [1.29, 1.82) is 0 Å². The molecule has 0 bridgehead atoms. The number of hydrogen-bond donors (Lipinski definition) is 3. The minimum absolute atomic E-state index is 0.438. The van der Waals surface area contributed by atoms with Gasteiger partial charge in [-0.3, -0.25) is 4.79 Å². The highest BCUT2D eigenvalue weighted by Crippen LogP contribution is 2.21. The van der Waals surface area contributed by atoms with E-state index < -0.39 is 5.91 Å². The molecule has 0 aromatic heterocycles. The highest BCUT2D eigenvalue weighted by molar-refractivity contribution is 6.35. The number of primary amides is 1. The lowest BCUT2D eigenvalue weighted by atomic mass is 10.1. The minimum Gasteiger partial charge on any atom is -0.366 e. The molecular weight excluding hydrogens is 383 g/mol. The highest BCUT2D eigenvalue weighted by Gasteiger charge is 2.04. The second-order valence-electron chi connectivity index (χ2n) is 6.03. The van der Waals surface area contributed by atoms with Crippen LogP contribution < -0.4 is 16.4 Å². The summed E-state index contributed by atoms with van der Waals surface area (Å²) in [5, 5.41) is 7.85. The molecule has 0 unspecified atom stereocenters. The number of halogens is 2. The maximum absolute atomic E-state index is 11.3. The van der Waals surface area contributed by atoms with E-state index in [4.69, 9.17) is 28.9 Å². The van der Waals surface area contributed by atoms with E-state index in [-0.39, 0.29) is 0 Å². The van der Waals surface area contributed by atoms with Gasteiger partial charge in [-0.2, -0.15) is 0 Å². The average Bonchev–Trinajstić information content (AvgIpc) is 2.64. The molecule has 7 heteroatoms. The van der Waals surface area contributed by atoms with Crippen molar-refractivity contribution in [2.45, 2.75) is 26.3 Å². The van der Waals surface area contributed by atoms with Crippen LogP contribution in [0.3, 0.4) is 0 Å². The first-order valence-corrected chi connectivity index (χ1v) is 9.60. The molecule has 0 radical (unpaired) electrons. The number of carbonyl (C=O) groups excluding carboxylic acids is 1. The molecule has 2 aromatic carbocycles. The van der Waals surface area contributed by atoms with Crippen LogP contribution in [0.2, 0.25) is 10.0 Å². The SMILES string of the molecule is CCNC(=NCc1cccc(C(N)=O)c1)NCCCc1ccc(Cl)cc1Cl. The lowest BCUT2D eigenvalue weighted by Gasteiger charge is -2.12. The van der Waals surface area contributed by atoms with Gasteiger partial charge in [-0.15, -0.1) is 0 Å². The van der Waals surface area contributed by atoms with E-state index in [0.29, 0.717) is 22.2 Å². The molecule has 0 heterocycles. The van der Waals surface area contributed by atoms with E-state index in [0.717, 1.165) is 43.0 Å². The fourth-order valence-electron chi connectivity index (χ4n) is 2.55. The Morgan fingerprint density at radius 3 is 2.67 bits per heavy atom. The van der Waals surface area contributed by atoms with Crippen LogP contribution in [0.15, 0.2) is 47.5 Å². The quantitative estimate of drug-likeness (QED) is 0.354. The van der Waals surface area contributed by atoms with Gasteiger partial charge in [0.25, 0.3) is 0 Å². The fourth-order valence-corrected chi connectivity index (χ4v) is 3.05. The van der Waals surface area contributed by atoms with Crippen molar-refractivity contribution in [3.8, 4) is 0 Å². The summed E-state index contributed by atoms with van der Waals surface area (Å²) in [6.45, 7) is 3.99. The number of amides is 1. The topological polar surface area (TPSA) is 79.5 Å². The standard InChI is InChI=1S/C20H24Cl2N4O/c1-2-24-20(26-13-14-5-3-6-16(11-14)19(23)27)25-10-4-7-15-8-9-17(21)12-18(15)22/h3,5-6,8-9,11-12H,2,4,7,10,13H2,1H3,(H2,23,27)(H2,24,25,26). The maximum atomic E-state index is 11.3. The summed E-state index contributed by atoms with van der Waals surface area (Å²) in [6, 6.07) is 12.7. The molecule has 1 amide bonds. The van der Waals surface area contributed by atoms with Crippen LogP contribution in [-0.4, -0.2) is 25.0 Å². The zero-order valence-corrected chi connectivity index (χ0v) is 16.8. The van der Waals surface area contributed by atoms with Gasteiger partial charge in [0, 0.05) is 28.7 Å². The van der Waals surface area contributed by atoms with Crippen molar-refractivity contribution in [2.24, 2.45) is 10.7 Å². The van der Waals surface area contributed by atoms with Crippen molar-refractivity contribution < 1.29 is 4.79 Å². The van der Waals surface area contributed by atoms with Crippen molar-refractivity contribution in [3.05, 3.63) is 69.2 Å². The van der Waals surface area contributed by atoms with Gasteiger partial charge in [0.15, 0.2) is 5.96 Å².